The number of carbonyl (C=O) groups excluding carboxylic acids is 1. The highest BCUT2D eigenvalue weighted by Crippen LogP contribution is 2.13. The van der Waals surface area contributed by atoms with E-state index in [1.807, 2.05) is 0 Å². The normalized spacial score (nSPS) is 12.0. The third kappa shape index (κ3) is 3.78. The zero-order valence-corrected chi connectivity index (χ0v) is 12.7. The first kappa shape index (κ1) is 15.9. The second kappa shape index (κ2) is 6.51. The van der Waals surface area contributed by atoms with Gasteiger partial charge >= 0.3 is 0 Å². The lowest BCUT2D eigenvalue weighted by Crippen LogP contribution is -2.31. The van der Waals surface area contributed by atoms with Crippen molar-refractivity contribution in [2.75, 3.05) is 0 Å². The number of hydrogen-bond donors (Lipinski definition) is 2. The van der Waals surface area contributed by atoms with E-state index in [-0.39, 0.29) is 29.7 Å². The van der Waals surface area contributed by atoms with Gasteiger partial charge in [-0.15, -0.1) is 0 Å². The van der Waals surface area contributed by atoms with Gasteiger partial charge in [0.05, 0.1) is 12.5 Å². The lowest BCUT2D eigenvalue weighted by molar-refractivity contribution is -0.121. The van der Waals surface area contributed by atoms with Crippen LogP contribution in [0.3, 0.4) is 0 Å². The van der Waals surface area contributed by atoms with E-state index in [1.54, 1.807) is 32.9 Å². The molecule has 0 saturated carbocycles. The zero-order chi connectivity index (χ0) is 16.3. The largest absolute Gasteiger partial charge is 0.349 e. The fourth-order valence-electron chi connectivity index (χ4n) is 2.25. The van der Waals surface area contributed by atoms with Crippen LogP contribution in [0.25, 0.3) is 0 Å². The predicted molar refractivity (Wildman–Crippen MR) is 81.0 cm³/mol. The summed E-state index contributed by atoms with van der Waals surface area (Å²) in [5.41, 5.74) is 1.40. The van der Waals surface area contributed by atoms with Crippen LogP contribution >= 0.6 is 0 Å². The van der Waals surface area contributed by atoms with Gasteiger partial charge in [-0.25, -0.2) is 9.37 Å². The number of nitrogens with one attached hydrogen (secondary N) is 2. The Hall–Kier alpha value is -2.50. The van der Waals surface area contributed by atoms with Gasteiger partial charge in [0, 0.05) is 11.3 Å². The maximum absolute atomic E-state index is 12.9. The van der Waals surface area contributed by atoms with Gasteiger partial charge in [0.2, 0.25) is 5.91 Å². The summed E-state index contributed by atoms with van der Waals surface area (Å²) in [7, 11) is 0. The van der Waals surface area contributed by atoms with Gasteiger partial charge in [-0.05, 0) is 38.5 Å². The van der Waals surface area contributed by atoms with Crippen molar-refractivity contribution >= 4 is 5.91 Å². The molecule has 5 nitrogen and oxygen atoms in total. The second-order valence-electron chi connectivity index (χ2n) is 5.23. The van der Waals surface area contributed by atoms with Crippen LogP contribution in [0.1, 0.15) is 35.6 Å². The number of H-pyrrole nitrogens is 1. The number of aromatic nitrogens is 2. The molecule has 0 aliphatic heterocycles. The van der Waals surface area contributed by atoms with Gasteiger partial charge < -0.3 is 10.3 Å². The van der Waals surface area contributed by atoms with Crippen molar-refractivity contribution in [2.45, 2.75) is 33.2 Å². The van der Waals surface area contributed by atoms with Crippen LogP contribution < -0.4 is 10.9 Å². The molecule has 6 heteroatoms. The highest BCUT2D eigenvalue weighted by Gasteiger charge is 2.14. The maximum atomic E-state index is 12.9. The van der Waals surface area contributed by atoms with Crippen molar-refractivity contribution in [1.82, 2.24) is 15.3 Å². The first-order valence-electron chi connectivity index (χ1n) is 6.98. The molecule has 2 aromatic rings. The molecule has 0 unspecified atom stereocenters. The summed E-state index contributed by atoms with van der Waals surface area (Å²) in [5, 5.41) is 2.79. The minimum absolute atomic E-state index is 0.0417. The molecular weight excluding hydrogens is 285 g/mol. The molecule has 1 atom stereocenters. The Morgan fingerprint density at radius 1 is 1.32 bits per heavy atom. The minimum Gasteiger partial charge on any atom is -0.349 e. The predicted octanol–water partition coefficient (Wildman–Crippen LogP) is 1.95. The molecule has 1 aromatic carbocycles. The van der Waals surface area contributed by atoms with Crippen LogP contribution in [0.2, 0.25) is 0 Å². The van der Waals surface area contributed by atoms with Crippen LogP contribution in [0.15, 0.2) is 29.1 Å². The molecule has 0 aliphatic rings. The van der Waals surface area contributed by atoms with Crippen LogP contribution in [0.5, 0.6) is 0 Å². The fourth-order valence-corrected chi connectivity index (χ4v) is 2.25. The van der Waals surface area contributed by atoms with Crippen molar-refractivity contribution in [3.05, 3.63) is 63.1 Å². The molecule has 22 heavy (non-hydrogen) atoms. The number of hydrogen-bond acceptors (Lipinski definition) is 3. The average molecular weight is 303 g/mol. The van der Waals surface area contributed by atoms with Crippen LogP contribution in [0, 0.1) is 19.7 Å². The van der Waals surface area contributed by atoms with Crippen LogP contribution in [-0.2, 0) is 11.2 Å². The summed E-state index contributed by atoms with van der Waals surface area (Å²) in [6, 6.07) is 5.65. The average Bonchev–Trinajstić information content (AvgIpc) is 2.43. The van der Waals surface area contributed by atoms with Crippen molar-refractivity contribution in [1.29, 1.82) is 0 Å². The first-order chi connectivity index (χ1) is 10.4. The van der Waals surface area contributed by atoms with Crippen LogP contribution in [0.4, 0.5) is 4.39 Å². The first-order valence-corrected chi connectivity index (χ1v) is 6.98. The Balaban J connectivity index is 2.07. The van der Waals surface area contributed by atoms with Gasteiger partial charge in [-0.2, -0.15) is 0 Å². The molecule has 0 bridgehead atoms. The number of aryl methyl sites for hydroxylation is 2. The molecule has 2 N–H and O–H groups in total. The van der Waals surface area contributed by atoms with E-state index in [9.17, 15) is 14.0 Å². The van der Waals surface area contributed by atoms with Crippen molar-refractivity contribution < 1.29 is 9.18 Å². The number of halogens is 1. The summed E-state index contributed by atoms with van der Waals surface area (Å²) in [6.45, 7) is 5.19. The van der Waals surface area contributed by atoms with Crippen LogP contribution in [-0.4, -0.2) is 15.9 Å². The number of benzene rings is 1. The van der Waals surface area contributed by atoms with E-state index in [1.165, 1.54) is 12.1 Å². The van der Waals surface area contributed by atoms with Crippen molar-refractivity contribution in [3.8, 4) is 0 Å². The highest BCUT2D eigenvalue weighted by atomic mass is 19.1. The smallest absolute Gasteiger partial charge is 0.254 e. The molecule has 1 heterocycles. The quantitative estimate of drug-likeness (QED) is 0.906. The molecule has 0 radical (unpaired) electrons. The third-order valence-corrected chi connectivity index (χ3v) is 3.43. The molecule has 0 spiro atoms. The molecule has 116 valence electrons. The van der Waals surface area contributed by atoms with Gasteiger partial charge in [-0.1, -0.05) is 12.1 Å². The molecule has 0 fully saturated rings. The molecule has 0 saturated heterocycles. The number of amides is 1. The number of aromatic amines is 1. The second-order valence-corrected chi connectivity index (χ2v) is 5.23. The molecule has 0 aliphatic carbocycles. The zero-order valence-electron chi connectivity index (χ0n) is 12.7. The number of nitrogens with zero attached hydrogens (tertiary/aromatic N) is 1. The Morgan fingerprint density at radius 2 is 1.95 bits per heavy atom. The number of rotatable bonds is 4. The molecule has 1 aromatic heterocycles. The summed E-state index contributed by atoms with van der Waals surface area (Å²) >= 11 is 0. The van der Waals surface area contributed by atoms with E-state index in [0.717, 1.165) is 5.56 Å². The standard InChI is InChI=1S/C16H18FN3O2/c1-9(12-4-6-13(17)7-5-12)19-15(21)8-14-10(2)18-11(3)20-16(14)22/h4-7,9H,8H2,1-3H3,(H,19,21)(H,18,20,22)/t9-/m1/s1. The Labute approximate surface area is 127 Å². The SMILES string of the molecule is Cc1nc(C)c(CC(=O)N[C@H](C)c2ccc(F)cc2)c(=O)[nH]1. The van der Waals surface area contributed by atoms with E-state index >= 15 is 0 Å². The monoisotopic (exact) mass is 303 g/mol. The topological polar surface area (TPSA) is 74.8 Å². The van der Waals surface area contributed by atoms with Gasteiger partial charge in [-0.3, -0.25) is 9.59 Å². The van der Waals surface area contributed by atoms with E-state index in [4.69, 9.17) is 0 Å². The lowest BCUT2D eigenvalue weighted by atomic mass is 10.1. The van der Waals surface area contributed by atoms with Crippen molar-refractivity contribution in [3.63, 3.8) is 0 Å². The van der Waals surface area contributed by atoms with Gasteiger partial charge in [0.25, 0.3) is 5.56 Å². The fraction of sp³-hybridized carbons (Fsp3) is 0.312. The van der Waals surface area contributed by atoms with E-state index < -0.39 is 0 Å². The Bertz CT molecular complexity index is 738. The summed E-state index contributed by atoms with van der Waals surface area (Å²) in [6.07, 6.45) is -0.0417. The number of carbonyl (C=O) groups is 1. The summed E-state index contributed by atoms with van der Waals surface area (Å²) in [5.74, 6) is -0.0856. The Kier molecular flexibility index (Phi) is 4.70. The summed E-state index contributed by atoms with van der Waals surface area (Å²) < 4.78 is 12.9. The maximum Gasteiger partial charge on any atom is 0.254 e. The molecular formula is C16H18FN3O2. The third-order valence-electron chi connectivity index (χ3n) is 3.43. The molecule has 2 rings (SSSR count). The lowest BCUT2D eigenvalue weighted by Gasteiger charge is -2.14. The van der Waals surface area contributed by atoms with Gasteiger partial charge in [0.1, 0.15) is 11.6 Å². The minimum atomic E-state index is -0.324. The van der Waals surface area contributed by atoms with E-state index in [0.29, 0.717) is 17.1 Å². The Morgan fingerprint density at radius 3 is 2.55 bits per heavy atom. The van der Waals surface area contributed by atoms with Gasteiger partial charge in [0.15, 0.2) is 0 Å². The summed E-state index contributed by atoms with van der Waals surface area (Å²) in [4.78, 5) is 30.7. The molecule has 1 amide bonds. The highest BCUT2D eigenvalue weighted by molar-refractivity contribution is 5.79. The van der Waals surface area contributed by atoms with E-state index in [2.05, 4.69) is 15.3 Å². The van der Waals surface area contributed by atoms with Crippen molar-refractivity contribution in [2.24, 2.45) is 0 Å².